The maximum atomic E-state index is 13.1. The quantitative estimate of drug-likeness (QED) is 0.922. The van der Waals surface area contributed by atoms with Gasteiger partial charge in [0, 0.05) is 6.54 Å². The summed E-state index contributed by atoms with van der Waals surface area (Å²) in [4.78, 5) is -0.290. The van der Waals surface area contributed by atoms with Gasteiger partial charge in [-0.15, -0.1) is 0 Å². The van der Waals surface area contributed by atoms with Crippen LogP contribution in [0.15, 0.2) is 53.4 Å². The van der Waals surface area contributed by atoms with Crippen LogP contribution in [0.4, 0.5) is 8.78 Å². The maximum Gasteiger partial charge on any atom is 0.240 e. The van der Waals surface area contributed by atoms with Crippen LogP contribution in [0.5, 0.6) is 0 Å². The van der Waals surface area contributed by atoms with E-state index in [1.807, 2.05) is 37.3 Å². The summed E-state index contributed by atoms with van der Waals surface area (Å²) in [5.41, 5.74) is 0.991. The molecule has 0 radical (unpaired) electrons. The summed E-state index contributed by atoms with van der Waals surface area (Å²) in [7, 11) is -3.86. The average molecular weight is 311 g/mol. The summed E-state index contributed by atoms with van der Waals surface area (Å²) < 4.78 is 52.4. The monoisotopic (exact) mass is 311 g/mol. The van der Waals surface area contributed by atoms with Crippen molar-refractivity contribution in [2.24, 2.45) is 0 Å². The minimum Gasteiger partial charge on any atom is -0.211 e. The number of sulfonamides is 1. The van der Waals surface area contributed by atoms with Crippen molar-refractivity contribution in [1.29, 1.82) is 0 Å². The minimum atomic E-state index is -3.86. The van der Waals surface area contributed by atoms with Gasteiger partial charge < -0.3 is 0 Å². The molecule has 0 bridgehead atoms. The number of hydrogen-bond donors (Lipinski definition) is 1. The second-order valence-electron chi connectivity index (χ2n) is 4.74. The molecule has 6 heteroatoms. The van der Waals surface area contributed by atoms with Gasteiger partial charge >= 0.3 is 0 Å². The molecule has 0 fully saturated rings. The van der Waals surface area contributed by atoms with E-state index in [0.29, 0.717) is 6.07 Å². The van der Waals surface area contributed by atoms with Crippen LogP contribution in [0.3, 0.4) is 0 Å². The van der Waals surface area contributed by atoms with E-state index < -0.39 is 21.7 Å². The van der Waals surface area contributed by atoms with Crippen molar-refractivity contribution in [3.8, 4) is 0 Å². The number of hydrogen-bond acceptors (Lipinski definition) is 2. The van der Waals surface area contributed by atoms with E-state index >= 15 is 0 Å². The van der Waals surface area contributed by atoms with Gasteiger partial charge in [-0.2, -0.15) is 0 Å². The van der Waals surface area contributed by atoms with Crippen LogP contribution in [0.2, 0.25) is 0 Å². The summed E-state index contributed by atoms with van der Waals surface area (Å²) in [6.07, 6.45) is 0. The first-order chi connectivity index (χ1) is 9.90. The standard InChI is InChI=1S/C15H15F2NO2S/c1-11(12-5-3-2-4-6-12)10-18-21(19,20)13-7-8-14(16)15(17)9-13/h2-9,11,18H,10H2,1H3. The molecule has 1 unspecified atom stereocenters. The highest BCUT2D eigenvalue weighted by atomic mass is 32.2. The molecule has 2 aromatic rings. The van der Waals surface area contributed by atoms with Gasteiger partial charge in [0.2, 0.25) is 10.0 Å². The zero-order valence-electron chi connectivity index (χ0n) is 11.4. The van der Waals surface area contributed by atoms with Gasteiger partial charge in [-0.1, -0.05) is 37.3 Å². The topological polar surface area (TPSA) is 46.2 Å². The Labute approximate surface area is 122 Å². The zero-order valence-corrected chi connectivity index (χ0v) is 12.2. The Balaban J connectivity index is 2.09. The van der Waals surface area contributed by atoms with Gasteiger partial charge in [-0.3, -0.25) is 0 Å². The Kier molecular flexibility index (Phi) is 4.69. The highest BCUT2D eigenvalue weighted by Gasteiger charge is 2.17. The van der Waals surface area contributed by atoms with Gasteiger partial charge in [0.25, 0.3) is 0 Å². The summed E-state index contributed by atoms with van der Waals surface area (Å²) in [6, 6.07) is 11.9. The Bertz CT molecular complexity index is 718. The first-order valence-electron chi connectivity index (χ1n) is 6.40. The molecule has 3 nitrogen and oxygen atoms in total. The highest BCUT2D eigenvalue weighted by molar-refractivity contribution is 7.89. The predicted octanol–water partition coefficient (Wildman–Crippen LogP) is 3.05. The molecule has 0 heterocycles. The predicted molar refractivity (Wildman–Crippen MR) is 76.4 cm³/mol. The van der Waals surface area contributed by atoms with Crippen molar-refractivity contribution in [3.05, 3.63) is 65.7 Å². The molecule has 1 N–H and O–H groups in total. The van der Waals surface area contributed by atoms with Crippen molar-refractivity contribution in [2.45, 2.75) is 17.7 Å². The van der Waals surface area contributed by atoms with Crippen molar-refractivity contribution < 1.29 is 17.2 Å². The summed E-state index contributed by atoms with van der Waals surface area (Å²) in [6.45, 7) is 2.05. The Morgan fingerprint density at radius 3 is 2.33 bits per heavy atom. The fourth-order valence-corrected chi connectivity index (χ4v) is 3.00. The maximum absolute atomic E-state index is 13.1. The van der Waals surface area contributed by atoms with Crippen LogP contribution in [0, 0.1) is 11.6 Å². The Morgan fingerprint density at radius 2 is 1.71 bits per heavy atom. The molecular weight excluding hydrogens is 296 g/mol. The third-order valence-corrected chi connectivity index (χ3v) is 4.57. The number of halogens is 2. The van der Waals surface area contributed by atoms with Crippen LogP contribution in [-0.2, 0) is 10.0 Å². The lowest BCUT2D eigenvalue weighted by molar-refractivity contribution is 0.504. The van der Waals surface area contributed by atoms with Crippen LogP contribution >= 0.6 is 0 Å². The lowest BCUT2D eigenvalue weighted by Crippen LogP contribution is -2.27. The van der Waals surface area contributed by atoms with Crippen LogP contribution in [0.25, 0.3) is 0 Å². The molecule has 112 valence electrons. The summed E-state index contributed by atoms with van der Waals surface area (Å²) >= 11 is 0. The molecule has 0 aliphatic heterocycles. The van der Waals surface area contributed by atoms with Gasteiger partial charge in [-0.05, 0) is 29.7 Å². The van der Waals surface area contributed by atoms with Gasteiger partial charge in [0.05, 0.1) is 4.90 Å². The van der Waals surface area contributed by atoms with E-state index in [9.17, 15) is 17.2 Å². The first-order valence-corrected chi connectivity index (χ1v) is 7.88. The smallest absolute Gasteiger partial charge is 0.211 e. The molecular formula is C15H15F2NO2S. The van der Waals surface area contributed by atoms with E-state index in [4.69, 9.17) is 0 Å². The Hall–Kier alpha value is -1.79. The van der Waals surface area contributed by atoms with Crippen molar-refractivity contribution in [1.82, 2.24) is 4.72 Å². The summed E-state index contributed by atoms with van der Waals surface area (Å²) in [5.74, 6) is -2.30. The van der Waals surface area contributed by atoms with E-state index in [1.165, 1.54) is 0 Å². The fourth-order valence-electron chi connectivity index (χ4n) is 1.86. The number of rotatable bonds is 5. The van der Waals surface area contributed by atoms with E-state index in [1.54, 1.807) is 0 Å². The molecule has 1 atom stereocenters. The lowest BCUT2D eigenvalue weighted by atomic mass is 10.0. The molecule has 0 saturated heterocycles. The van der Waals surface area contributed by atoms with Crippen LogP contribution in [-0.4, -0.2) is 15.0 Å². The van der Waals surface area contributed by atoms with E-state index in [0.717, 1.165) is 17.7 Å². The first kappa shape index (κ1) is 15.6. The second-order valence-corrected chi connectivity index (χ2v) is 6.51. The third-order valence-electron chi connectivity index (χ3n) is 3.15. The lowest BCUT2D eigenvalue weighted by Gasteiger charge is -2.13. The Morgan fingerprint density at radius 1 is 1.05 bits per heavy atom. The van der Waals surface area contributed by atoms with E-state index in [-0.39, 0.29) is 17.4 Å². The molecule has 21 heavy (non-hydrogen) atoms. The molecule has 0 aliphatic rings. The second kappa shape index (κ2) is 6.32. The molecule has 0 amide bonds. The highest BCUT2D eigenvalue weighted by Crippen LogP contribution is 2.16. The fraction of sp³-hybridized carbons (Fsp3) is 0.200. The number of benzene rings is 2. The van der Waals surface area contributed by atoms with Crippen LogP contribution < -0.4 is 4.72 Å². The normalized spacial score (nSPS) is 13.1. The van der Waals surface area contributed by atoms with Crippen molar-refractivity contribution in [2.75, 3.05) is 6.54 Å². The minimum absolute atomic E-state index is 0.0359. The summed E-state index contributed by atoms with van der Waals surface area (Å²) in [5, 5.41) is 0. The van der Waals surface area contributed by atoms with E-state index in [2.05, 4.69) is 4.72 Å². The average Bonchev–Trinajstić information content (AvgIpc) is 2.48. The SMILES string of the molecule is CC(CNS(=O)(=O)c1ccc(F)c(F)c1)c1ccccc1. The van der Waals surface area contributed by atoms with Crippen molar-refractivity contribution in [3.63, 3.8) is 0 Å². The molecule has 0 saturated carbocycles. The van der Waals surface area contributed by atoms with Gasteiger partial charge in [0.1, 0.15) is 0 Å². The molecule has 0 aromatic heterocycles. The molecule has 2 aromatic carbocycles. The largest absolute Gasteiger partial charge is 0.240 e. The number of nitrogens with one attached hydrogen (secondary N) is 1. The van der Waals surface area contributed by atoms with Crippen LogP contribution in [0.1, 0.15) is 18.4 Å². The van der Waals surface area contributed by atoms with Crippen molar-refractivity contribution >= 4 is 10.0 Å². The molecule has 0 spiro atoms. The zero-order chi connectivity index (χ0) is 15.5. The van der Waals surface area contributed by atoms with Gasteiger partial charge in [0.15, 0.2) is 11.6 Å². The third kappa shape index (κ3) is 3.86. The molecule has 2 rings (SSSR count). The van der Waals surface area contributed by atoms with Gasteiger partial charge in [-0.25, -0.2) is 21.9 Å². The molecule has 0 aliphatic carbocycles.